The molecule has 406 valence electrons. The fourth-order valence-corrected chi connectivity index (χ4v) is 7.22. The molecule has 1 fully saturated rings. The lowest BCUT2D eigenvalue weighted by Crippen LogP contribution is -2.63. The number of methoxy groups -OCH3 is 1. The number of hydrogen-bond donors (Lipinski definition) is 7. The van der Waals surface area contributed by atoms with Gasteiger partial charge in [-0.25, -0.2) is 38.0 Å². The summed E-state index contributed by atoms with van der Waals surface area (Å²) in [4.78, 5) is 73.7. The van der Waals surface area contributed by atoms with Crippen LogP contribution in [0.15, 0.2) is 61.1 Å². The number of alkyl halides is 8. The molecule has 0 aliphatic carbocycles. The molecule has 4 atom stereocenters. The van der Waals surface area contributed by atoms with Gasteiger partial charge in [0, 0.05) is 61.5 Å². The molecule has 5 rings (SSSR count). The van der Waals surface area contributed by atoms with E-state index in [2.05, 4.69) is 42.3 Å². The molecule has 4 aromatic rings. The Morgan fingerprint density at radius 3 is 1.95 bits per heavy atom. The lowest BCUT2D eigenvalue weighted by atomic mass is 9.82. The largest absolute Gasteiger partial charge is 0.465 e. The van der Waals surface area contributed by atoms with Crippen molar-refractivity contribution in [1.82, 2.24) is 51.5 Å². The van der Waals surface area contributed by atoms with E-state index in [0.29, 0.717) is 75.0 Å². The summed E-state index contributed by atoms with van der Waals surface area (Å²) in [7, 11) is 0.795. The number of benzene rings is 2. The van der Waals surface area contributed by atoms with Crippen molar-refractivity contribution >= 4 is 35.9 Å². The van der Waals surface area contributed by atoms with Crippen molar-refractivity contribution in [2.24, 2.45) is 10.8 Å². The smallest absolute Gasteiger partial charge is 0.407 e. The van der Waals surface area contributed by atoms with Gasteiger partial charge < -0.3 is 41.1 Å². The van der Waals surface area contributed by atoms with Gasteiger partial charge in [0.05, 0.1) is 47.9 Å². The van der Waals surface area contributed by atoms with Crippen LogP contribution >= 0.6 is 0 Å². The number of piperazine rings is 1. The molecular weight excluding hydrogens is 1020 g/mol. The van der Waals surface area contributed by atoms with E-state index in [1.54, 1.807) is 4.90 Å². The van der Waals surface area contributed by atoms with Gasteiger partial charge in [0.2, 0.25) is 17.8 Å². The first-order valence-electron chi connectivity index (χ1n) is 22.2. The maximum atomic E-state index is 15.9. The van der Waals surface area contributed by atoms with Gasteiger partial charge >= 0.3 is 31.1 Å². The van der Waals surface area contributed by atoms with Crippen LogP contribution in [-0.4, -0.2) is 135 Å². The molecule has 1 saturated heterocycles. The van der Waals surface area contributed by atoms with Gasteiger partial charge in [-0.05, 0) is 70.0 Å². The Morgan fingerprint density at radius 2 is 1.43 bits per heavy atom. The SMILES string of the molecule is COC(=O)NC(C(=O)NC(Cc1ccc(C#Cc2cnc(N3CCNC(=O)C3)nc2)cc1)C(O)CN(Cc1c(F)cc(-c2ccn(C(F)F)n2)cc1F)NC(=O)C(NC(=O)O)C(C)(C)C(F)(F)F)C(C)(C)C(F)(F)F. The highest BCUT2D eigenvalue weighted by Gasteiger charge is 2.57. The zero-order chi connectivity index (χ0) is 55.8. The van der Waals surface area contributed by atoms with Crippen LogP contribution in [0.4, 0.5) is 59.4 Å². The van der Waals surface area contributed by atoms with E-state index >= 15 is 8.78 Å². The predicted octanol–water partition coefficient (Wildman–Crippen LogP) is 4.81. The number of hydrazine groups is 1. The van der Waals surface area contributed by atoms with Gasteiger partial charge in [-0.3, -0.25) is 19.8 Å². The highest BCUT2D eigenvalue weighted by Crippen LogP contribution is 2.42. The predicted molar refractivity (Wildman–Crippen MR) is 243 cm³/mol. The summed E-state index contributed by atoms with van der Waals surface area (Å²) in [5.74, 6) is -0.495. The van der Waals surface area contributed by atoms with Crippen LogP contribution in [0, 0.1) is 34.3 Å². The summed E-state index contributed by atoms with van der Waals surface area (Å²) >= 11 is 0. The molecule has 4 unspecified atom stereocenters. The summed E-state index contributed by atoms with van der Waals surface area (Å²) in [5, 5.41) is 33.5. The quantitative estimate of drug-likeness (QED) is 0.0403. The maximum absolute atomic E-state index is 15.9. The molecule has 0 radical (unpaired) electrons. The number of rotatable bonds is 18. The number of amides is 5. The van der Waals surface area contributed by atoms with Crippen LogP contribution in [0.3, 0.4) is 0 Å². The summed E-state index contributed by atoms with van der Waals surface area (Å²) in [5.41, 5.74) is -5.10. The Hall–Kier alpha value is -7.74. The lowest BCUT2D eigenvalue weighted by Gasteiger charge is -2.38. The molecule has 75 heavy (non-hydrogen) atoms. The number of anilines is 1. The Labute approximate surface area is 420 Å². The van der Waals surface area contributed by atoms with Crippen LogP contribution < -0.4 is 31.6 Å². The molecule has 3 heterocycles. The number of nitrogens with zero attached hydrogens (tertiary/aromatic N) is 6. The topological polar surface area (TPSA) is 245 Å². The van der Waals surface area contributed by atoms with Crippen LogP contribution in [-0.2, 0) is 32.1 Å². The van der Waals surface area contributed by atoms with Gasteiger partial charge in [0.15, 0.2) is 0 Å². The third-order valence-electron chi connectivity index (χ3n) is 11.9. The Morgan fingerprint density at radius 1 is 0.853 bits per heavy atom. The summed E-state index contributed by atoms with van der Waals surface area (Å²) in [6, 6.07) is 0.982. The number of aliphatic hydroxyl groups excluding tert-OH is 1. The molecule has 0 saturated carbocycles. The van der Waals surface area contributed by atoms with E-state index in [-0.39, 0.29) is 34.0 Å². The lowest BCUT2D eigenvalue weighted by molar-refractivity contribution is -0.221. The molecule has 1 aliphatic rings. The monoisotopic (exact) mass is 1070 g/mol. The number of ether oxygens (including phenoxy) is 1. The molecule has 5 amide bonds. The second-order valence-electron chi connectivity index (χ2n) is 18.0. The zero-order valence-corrected chi connectivity index (χ0v) is 40.2. The summed E-state index contributed by atoms with van der Waals surface area (Å²) in [6.07, 6.45) is -13.2. The highest BCUT2D eigenvalue weighted by atomic mass is 19.4. The van der Waals surface area contributed by atoms with E-state index in [0.717, 1.165) is 19.4 Å². The number of nitrogens with one attached hydrogen (secondary N) is 5. The number of carbonyl (C=O) groups is 5. The summed E-state index contributed by atoms with van der Waals surface area (Å²) in [6.45, 7) is -2.55. The van der Waals surface area contributed by atoms with Crippen LogP contribution in [0.1, 0.15) is 56.5 Å². The minimum atomic E-state index is -5.29. The minimum absolute atomic E-state index is 0.0556. The van der Waals surface area contributed by atoms with E-state index < -0.39 is 115 Å². The van der Waals surface area contributed by atoms with Crippen molar-refractivity contribution in [1.29, 1.82) is 0 Å². The average molecular weight is 1070 g/mol. The van der Waals surface area contributed by atoms with Crippen molar-refractivity contribution in [2.45, 2.75) is 83.8 Å². The van der Waals surface area contributed by atoms with E-state index in [1.165, 1.54) is 42.0 Å². The standard InChI is InChI=1S/C46H49F10N11O8/c1-43(2,45(51,52)53)35(62-42(74)75-5)37(70)60-32(16-25-9-6-24(7-10-25)8-11-26-19-58-40(59-20-26)65-15-13-57-34(69)23-65)33(68)22-66(64-38(71)36(61-41(72)73)44(3,4)46(54,55)56)21-28-29(47)17-27(18-30(28)48)31-12-14-67(63-31)39(49)50/h6-7,9-10,12,14,17-20,32-33,35-36,39,61,68H,13,15-16,21-23H2,1-5H3,(H,57,69)(H,60,70)(H,62,74)(H,64,71)(H,72,73). The zero-order valence-electron chi connectivity index (χ0n) is 40.2. The van der Waals surface area contributed by atoms with Crippen LogP contribution in [0.25, 0.3) is 11.3 Å². The Balaban J connectivity index is 1.53. The number of alkyl carbamates (subject to hydrolysis) is 1. The van der Waals surface area contributed by atoms with Crippen LogP contribution in [0.5, 0.6) is 0 Å². The number of hydrogen-bond acceptors (Lipinski definition) is 12. The van der Waals surface area contributed by atoms with Crippen molar-refractivity contribution in [3.63, 3.8) is 0 Å². The van der Waals surface area contributed by atoms with Gasteiger partial charge in [-0.15, -0.1) is 0 Å². The van der Waals surface area contributed by atoms with Crippen LogP contribution in [0.2, 0.25) is 0 Å². The highest BCUT2D eigenvalue weighted by molar-refractivity contribution is 5.87. The fourth-order valence-electron chi connectivity index (χ4n) is 7.22. The van der Waals surface area contributed by atoms with E-state index in [4.69, 9.17) is 0 Å². The first-order valence-corrected chi connectivity index (χ1v) is 22.2. The first-order chi connectivity index (χ1) is 34.9. The van der Waals surface area contributed by atoms with Gasteiger partial charge in [0.25, 0.3) is 5.91 Å². The number of aromatic nitrogens is 4. The van der Waals surface area contributed by atoms with Gasteiger partial charge in [0.1, 0.15) is 23.7 Å². The summed E-state index contributed by atoms with van der Waals surface area (Å²) < 4.78 is 149. The van der Waals surface area contributed by atoms with Crippen molar-refractivity contribution in [3.8, 4) is 23.1 Å². The third kappa shape index (κ3) is 14.7. The average Bonchev–Trinajstić information content (AvgIpc) is 3.83. The van der Waals surface area contributed by atoms with Gasteiger partial charge in [-0.1, -0.05) is 24.0 Å². The molecule has 19 nitrogen and oxygen atoms in total. The molecule has 29 heteroatoms. The van der Waals surface area contributed by atoms with E-state index in [9.17, 15) is 69.3 Å². The first kappa shape index (κ1) is 58.2. The second kappa shape index (κ2) is 23.6. The number of halogens is 10. The molecule has 2 aromatic heterocycles. The minimum Gasteiger partial charge on any atom is -0.465 e. The molecular formula is C46H49F10N11O8. The van der Waals surface area contributed by atoms with Gasteiger partial charge in [-0.2, -0.15) is 40.2 Å². The fraction of sp³-hybridized carbons (Fsp3) is 0.435. The number of carbonyl (C=O) groups excluding carboxylic acids is 4. The third-order valence-corrected chi connectivity index (χ3v) is 11.9. The van der Waals surface area contributed by atoms with Crippen molar-refractivity contribution < 1.29 is 82.8 Å². The second-order valence-corrected chi connectivity index (χ2v) is 18.0. The Kier molecular flexibility index (Phi) is 18.3. The van der Waals surface area contributed by atoms with Crippen molar-refractivity contribution in [2.75, 3.05) is 38.2 Å². The molecule has 1 aliphatic heterocycles. The molecule has 0 spiro atoms. The number of aliphatic hydroxyl groups is 1. The number of carboxylic acid groups (broad SMARTS) is 1. The Bertz CT molecular complexity index is 2740. The normalized spacial score (nSPS) is 15.0. The van der Waals surface area contributed by atoms with E-state index in [1.807, 2.05) is 10.7 Å². The maximum Gasteiger partial charge on any atom is 0.407 e. The molecule has 2 aromatic carbocycles. The molecule has 0 bridgehead atoms. The molecule has 7 N–H and O–H groups in total. The van der Waals surface area contributed by atoms with Crippen molar-refractivity contribution in [3.05, 3.63) is 94.9 Å².